The molecule has 2 N–H and O–H groups in total. The van der Waals surface area contributed by atoms with Crippen LogP contribution in [0.15, 0.2) is 16.9 Å². The molecular formula is C10H9N3O3. The number of aromatic carboxylic acids is 1. The summed E-state index contributed by atoms with van der Waals surface area (Å²) in [4.78, 5) is 18.0. The van der Waals surface area contributed by atoms with Crippen LogP contribution in [-0.4, -0.2) is 26.2 Å². The molecule has 1 saturated carbocycles. The molecule has 0 unspecified atom stereocenters. The van der Waals surface area contributed by atoms with E-state index in [1.54, 1.807) is 12.4 Å². The molecular weight excluding hydrogens is 210 g/mol. The second-order valence-corrected chi connectivity index (χ2v) is 3.79. The number of carboxylic acids is 1. The number of rotatable bonds is 3. The van der Waals surface area contributed by atoms with Gasteiger partial charge < -0.3 is 14.6 Å². The van der Waals surface area contributed by atoms with Crippen LogP contribution in [0.4, 0.5) is 0 Å². The molecule has 0 bridgehead atoms. The smallest absolute Gasteiger partial charge is 0.341 e. The summed E-state index contributed by atoms with van der Waals surface area (Å²) in [6.07, 6.45) is 5.10. The molecule has 0 atom stereocenters. The highest BCUT2D eigenvalue weighted by Crippen LogP contribution is 2.43. The van der Waals surface area contributed by atoms with E-state index in [2.05, 4.69) is 15.1 Å². The third-order valence-electron chi connectivity index (χ3n) is 2.60. The molecule has 1 fully saturated rings. The van der Waals surface area contributed by atoms with E-state index in [0.29, 0.717) is 11.6 Å². The van der Waals surface area contributed by atoms with Gasteiger partial charge in [-0.15, -0.1) is 0 Å². The molecule has 2 heterocycles. The SMILES string of the molecule is O=C(O)c1c(-c2ncc[nH]2)noc1C1CC1. The van der Waals surface area contributed by atoms with Crippen molar-refractivity contribution >= 4 is 5.97 Å². The Labute approximate surface area is 90.3 Å². The van der Waals surface area contributed by atoms with Gasteiger partial charge in [-0.05, 0) is 12.8 Å². The van der Waals surface area contributed by atoms with Crippen LogP contribution in [0.25, 0.3) is 11.5 Å². The Hall–Kier alpha value is -2.11. The minimum absolute atomic E-state index is 0.137. The maximum absolute atomic E-state index is 11.2. The van der Waals surface area contributed by atoms with E-state index in [-0.39, 0.29) is 17.2 Å². The van der Waals surface area contributed by atoms with Gasteiger partial charge in [0.15, 0.2) is 17.3 Å². The first-order valence-electron chi connectivity index (χ1n) is 5.00. The molecule has 0 aliphatic heterocycles. The summed E-state index contributed by atoms with van der Waals surface area (Å²) in [6, 6.07) is 0. The molecule has 2 aromatic heterocycles. The van der Waals surface area contributed by atoms with Crippen molar-refractivity contribution in [1.29, 1.82) is 0 Å². The zero-order valence-electron chi connectivity index (χ0n) is 8.30. The van der Waals surface area contributed by atoms with Crippen molar-refractivity contribution in [2.45, 2.75) is 18.8 Å². The lowest BCUT2D eigenvalue weighted by molar-refractivity contribution is 0.0695. The molecule has 1 aliphatic rings. The van der Waals surface area contributed by atoms with Crippen molar-refractivity contribution < 1.29 is 14.4 Å². The number of imidazole rings is 1. The number of aromatic nitrogens is 3. The van der Waals surface area contributed by atoms with Gasteiger partial charge in [-0.3, -0.25) is 0 Å². The van der Waals surface area contributed by atoms with E-state index >= 15 is 0 Å². The van der Waals surface area contributed by atoms with E-state index in [9.17, 15) is 4.79 Å². The van der Waals surface area contributed by atoms with E-state index in [1.165, 1.54) is 0 Å². The van der Waals surface area contributed by atoms with Crippen LogP contribution < -0.4 is 0 Å². The minimum Gasteiger partial charge on any atom is -0.477 e. The maximum atomic E-state index is 11.2. The van der Waals surface area contributed by atoms with Gasteiger partial charge in [0.2, 0.25) is 0 Å². The standard InChI is InChI=1S/C10H9N3O3/c14-10(15)6-7(9-11-3-4-12-9)13-16-8(6)5-1-2-5/h3-5H,1-2H2,(H,11,12)(H,14,15). The molecule has 2 aromatic rings. The molecule has 0 spiro atoms. The zero-order chi connectivity index (χ0) is 11.1. The largest absolute Gasteiger partial charge is 0.477 e. The first kappa shape index (κ1) is 9.14. The van der Waals surface area contributed by atoms with Gasteiger partial charge in [-0.2, -0.15) is 0 Å². The summed E-state index contributed by atoms with van der Waals surface area (Å²) in [5, 5.41) is 13.0. The normalized spacial score (nSPS) is 15.2. The van der Waals surface area contributed by atoms with E-state index in [4.69, 9.17) is 9.63 Å². The van der Waals surface area contributed by atoms with Gasteiger partial charge in [0.1, 0.15) is 5.56 Å². The summed E-state index contributed by atoms with van der Waals surface area (Å²) in [7, 11) is 0. The van der Waals surface area contributed by atoms with Crippen LogP contribution in [0.1, 0.15) is 34.9 Å². The number of hydrogen-bond acceptors (Lipinski definition) is 4. The van der Waals surface area contributed by atoms with E-state index < -0.39 is 5.97 Å². The van der Waals surface area contributed by atoms with Crippen LogP contribution in [0.5, 0.6) is 0 Å². The first-order chi connectivity index (χ1) is 7.77. The van der Waals surface area contributed by atoms with Gasteiger partial charge in [-0.25, -0.2) is 9.78 Å². The van der Waals surface area contributed by atoms with Gasteiger partial charge in [0.25, 0.3) is 0 Å². The molecule has 1 aliphatic carbocycles. The molecule has 16 heavy (non-hydrogen) atoms. The summed E-state index contributed by atoms with van der Waals surface area (Å²) in [5.41, 5.74) is 0.414. The van der Waals surface area contributed by atoms with Crippen molar-refractivity contribution in [2.75, 3.05) is 0 Å². The number of nitrogens with zero attached hydrogens (tertiary/aromatic N) is 2. The highest BCUT2D eigenvalue weighted by molar-refractivity contribution is 5.95. The lowest BCUT2D eigenvalue weighted by Crippen LogP contribution is -2.01. The Balaban J connectivity index is 2.14. The number of hydrogen-bond donors (Lipinski definition) is 2. The number of carbonyl (C=O) groups is 1. The monoisotopic (exact) mass is 219 g/mol. The molecule has 3 rings (SSSR count). The Morgan fingerprint density at radius 1 is 1.56 bits per heavy atom. The molecule has 0 saturated heterocycles. The summed E-state index contributed by atoms with van der Waals surface area (Å²) in [5.74, 6) is 0.0869. The third kappa shape index (κ3) is 1.30. The van der Waals surface area contributed by atoms with Crippen LogP contribution >= 0.6 is 0 Å². The van der Waals surface area contributed by atoms with Gasteiger partial charge in [-0.1, -0.05) is 5.16 Å². The second-order valence-electron chi connectivity index (χ2n) is 3.79. The molecule has 0 amide bonds. The maximum Gasteiger partial charge on any atom is 0.341 e. The Bertz CT molecular complexity index is 526. The molecule has 6 heteroatoms. The van der Waals surface area contributed by atoms with E-state index in [1.807, 2.05) is 0 Å². The zero-order valence-corrected chi connectivity index (χ0v) is 8.30. The third-order valence-corrected chi connectivity index (χ3v) is 2.60. The van der Waals surface area contributed by atoms with Crippen LogP contribution in [0.3, 0.4) is 0 Å². The number of H-pyrrole nitrogens is 1. The lowest BCUT2D eigenvalue weighted by Gasteiger charge is -1.94. The predicted octanol–water partition coefficient (Wildman–Crippen LogP) is 1.64. The summed E-state index contributed by atoms with van der Waals surface area (Å²) >= 11 is 0. The van der Waals surface area contributed by atoms with Crippen LogP contribution in [0, 0.1) is 0 Å². The van der Waals surface area contributed by atoms with Crippen molar-refractivity contribution in [2.24, 2.45) is 0 Å². The van der Waals surface area contributed by atoms with Crippen molar-refractivity contribution in [3.63, 3.8) is 0 Å². The summed E-state index contributed by atoms with van der Waals surface area (Å²) in [6.45, 7) is 0. The van der Waals surface area contributed by atoms with Crippen molar-refractivity contribution in [3.8, 4) is 11.5 Å². The fourth-order valence-corrected chi connectivity index (χ4v) is 1.69. The van der Waals surface area contributed by atoms with Crippen molar-refractivity contribution in [3.05, 3.63) is 23.7 Å². The van der Waals surface area contributed by atoms with Gasteiger partial charge in [0.05, 0.1) is 0 Å². The molecule has 0 aromatic carbocycles. The highest BCUT2D eigenvalue weighted by atomic mass is 16.5. The molecule has 82 valence electrons. The number of carboxylic acid groups (broad SMARTS) is 1. The predicted molar refractivity (Wildman–Crippen MR) is 53.0 cm³/mol. The Morgan fingerprint density at radius 3 is 2.94 bits per heavy atom. The topological polar surface area (TPSA) is 92.0 Å². The quantitative estimate of drug-likeness (QED) is 0.818. The van der Waals surface area contributed by atoms with Gasteiger partial charge >= 0.3 is 5.97 Å². The average molecular weight is 219 g/mol. The van der Waals surface area contributed by atoms with Crippen molar-refractivity contribution in [1.82, 2.24) is 15.1 Å². The second kappa shape index (κ2) is 3.19. The Kier molecular flexibility index (Phi) is 1.82. The Morgan fingerprint density at radius 2 is 2.38 bits per heavy atom. The first-order valence-corrected chi connectivity index (χ1v) is 5.00. The summed E-state index contributed by atoms with van der Waals surface area (Å²) < 4.78 is 5.11. The van der Waals surface area contributed by atoms with E-state index in [0.717, 1.165) is 12.8 Å². The number of aromatic amines is 1. The highest BCUT2D eigenvalue weighted by Gasteiger charge is 2.35. The van der Waals surface area contributed by atoms with Gasteiger partial charge in [0, 0.05) is 18.3 Å². The van der Waals surface area contributed by atoms with Crippen LogP contribution in [0.2, 0.25) is 0 Å². The fraction of sp³-hybridized carbons (Fsp3) is 0.300. The fourth-order valence-electron chi connectivity index (χ4n) is 1.69. The van der Waals surface area contributed by atoms with Crippen LogP contribution in [-0.2, 0) is 0 Å². The molecule has 0 radical (unpaired) electrons. The minimum atomic E-state index is -1.02. The number of nitrogens with one attached hydrogen (secondary N) is 1. The lowest BCUT2D eigenvalue weighted by atomic mass is 10.1. The molecule has 6 nitrogen and oxygen atoms in total. The average Bonchev–Trinajstić information content (AvgIpc) is 2.83.